The predicted molar refractivity (Wildman–Crippen MR) is 169 cm³/mol. The van der Waals surface area contributed by atoms with E-state index in [2.05, 4.69) is 48.6 Å². The summed E-state index contributed by atoms with van der Waals surface area (Å²) >= 11 is 0. The number of nitrogens with one attached hydrogen (secondary N) is 1. The number of allylic oxidation sites excluding steroid dienone is 3. The monoisotopic (exact) mass is 575 g/mol. The minimum absolute atomic E-state index is 0.104. The van der Waals surface area contributed by atoms with E-state index in [-0.39, 0.29) is 24.2 Å². The quantitative estimate of drug-likeness (QED) is 0.156. The van der Waals surface area contributed by atoms with Gasteiger partial charge in [0.25, 0.3) is 0 Å². The Labute approximate surface area is 250 Å². The van der Waals surface area contributed by atoms with E-state index in [4.69, 9.17) is 9.97 Å². The third-order valence-electron chi connectivity index (χ3n) is 7.78. The summed E-state index contributed by atoms with van der Waals surface area (Å²) < 4.78 is 15.6. The number of hydrogen-bond acceptors (Lipinski definition) is 5. The van der Waals surface area contributed by atoms with Gasteiger partial charge in [0.05, 0.1) is 17.7 Å². The highest BCUT2D eigenvalue weighted by molar-refractivity contribution is 5.67. The SMILES string of the molecule is C/C=C\C(C/C=C/F)c1c(-c2ccnc(Nc3ccccc3)n2)nc(C(C)C)n1CCC(CC)CC(CC)CC(=O)O. The van der Waals surface area contributed by atoms with Crippen LogP contribution in [0, 0.1) is 11.8 Å². The molecule has 7 nitrogen and oxygen atoms in total. The van der Waals surface area contributed by atoms with Crippen molar-refractivity contribution in [2.75, 3.05) is 5.32 Å². The van der Waals surface area contributed by atoms with E-state index in [9.17, 15) is 14.3 Å². The minimum atomic E-state index is -0.735. The summed E-state index contributed by atoms with van der Waals surface area (Å²) in [6.45, 7) is 11.2. The van der Waals surface area contributed by atoms with Gasteiger partial charge in [-0.15, -0.1) is 0 Å². The molecule has 0 saturated carbocycles. The van der Waals surface area contributed by atoms with E-state index in [0.717, 1.165) is 55.1 Å². The molecule has 3 aromatic rings. The largest absolute Gasteiger partial charge is 0.481 e. The second kappa shape index (κ2) is 16.6. The highest BCUT2D eigenvalue weighted by Crippen LogP contribution is 2.36. The molecular formula is C34H46FN5O2. The molecule has 0 aliphatic carbocycles. The maximum atomic E-state index is 13.3. The lowest BCUT2D eigenvalue weighted by Crippen LogP contribution is -2.17. The molecule has 0 bridgehead atoms. The Bertz CT molecular complexity index is 1320. The molecule has 0 radical (unpaired) electrons. The number of aliphatic carboxylic acids is 1. The molecule has 2 aromatic heterocycles. The molecule has 0 saturated heterocycles. The Kier molecular flexibility index (Phi) is 12.9. The maximum Gasteiger partial charge on any atom is 0.303 e. The van der Waals surface area contributed by atoms with Crippen molar-refractivity contribution >= 4 is 17.6 Å². The number of halogens is 1. The molecule has 2 heterocycles. The standard InChI is InChI=1S/C34H46FN5O2/c1-6-13-27(14-12-19-35)32-31(29-17-20-36-34(38-29)37-28-15-10-9-11-16-28)39-33(24(4)5)40(32)21-18-25(7-2)22-26(8-3)23-30(41)42/h6,9-13,15-17,19-20,24-27H,7-8,14,18,21-23H2,1-5H3,(H,41,42)(H,36,37,38)/b13-6-,19-12+. The van der Waals surface area contributed by atoms with Gasteiger partial charge in [0, 0.05) is 36.7 Å². The van der Waals surface area contributed by atoms with Gasteiger partial charge in [-0.25, -0.2) is 19.3 Å². The van der Waals surface area contributed by atoms with Crippen LogP contribution in [0.3, 0.4) is 0 Å². The van der Waals surface area contributed by atoms with Crippen LogP contribution in [0.5, 0.6) is 0 Å². The molecule has 0 amide bonds. The zero-order chi connectivity index (χ0) is 30.5. The van der Waals surface area contributed by atoms with Crippen LogP contribution in [0.25, 0.3) is 11.4 Å². The first-order valence-corrected chi connectivity index (χ1v) is 15.2. The van der Waals surface area contributed by atoms with Gasteiger partial charge in [0.15, 0.2) is 0 Å². The van der Waals surface area contributed by atoms with Gasteiger partial charge in [-0.3, -0.25) is 4.79 Å². The Morgan fingerprint density at radius 1 is 1.10 bits per heavy atom. The van der Waals surface area contributed by atoms with E-state index < -0.39 is 5.97 Å². The number of imidazole rings is 1. The number of nitrogens with zero attached hydrogens (tertiary/aromatic N) is 4. The van der Waals surface area contributed by atoms with Crippen LogP contribution in [0.4, 0.5) is 16.0 Å². The van der Waals surface area contributed by atoms with Gasteiger partial charge in [0.2, 0.25) is 5.95 Å². The Balaban J connectivity index is 2.07. The van der Waals surface area contributed by atoms with Crippen molar-refractivity contribution < 1.29 is 14.3 Å². The van der Waals surface area contributed by atoms with Crippen molar-refractivity contribution in [3.63, 3.8) is 0 Å². The molecule has 3 unspecified atom stereocenters. The minimum Gasteiger partial charge on any atom is -0.481 e. The summed E-state index contributed by atoms with van der Waals surface area (Å²) in [6, 6.07) is 11.7. The van der Waals surface area contributed by atoms with Gasteiger partial charge in [-0.05, 0) is 56.2 Å². The first kappa shape index (κ1) is 32.7. The average molecular weight is 576 g/mol. The number of hydrogen-bond donors (Lipinski definition) is 2. The number of carbonyl (C=O) groups is 1. The lowest BCUT2D eigenvalue weighted by molar-refractivity contribution is -0.138. The zero-order valence-electron chi connectivity index (χ0n) is 25.6. The van der Waals surface area contributed by atoms with Gasteiger partial charge < -0.3 is 15.0 Å². The summed E-state index contributed by atoms with van der Waals surface area (Å²) in [7, 11) is 0. The van der Waals surface area contributed by atoms with Gasteiger partial charge in [-0.2, -0.15) is 0 Å². The molecule has 0 spiro atoms. The number of benzene rings is 1. The molecule has 3 rings (SSSR count). The second-order valence-electron chi connectivity index (χ2n) is 11.2. The van der Waals surface area contributed by atoms with Gasteiger partial charge in [-0.1, -0.05) is 77.0 Å². The lowest BCUT2D eigenvalue weighted by atomic mass is 9.86. The van der Waals surface area contributed by atoms with E-state index in [1.807, 2.05) is 49.4 Å². The van der Waals surface area contributed by atoms with Crippen LogP contribution in [0.15, 0.2) is 67.2 Å². The number of para-hydroxylation sites is 1. The summed E-state index contributed by atoms with van der Waals surface area (Å²) in [6.07, 6.45) is 12.3. The zero-order valence-corrected chi connectivity index (χ0v) is 25.6. The molecular weight excluding hydrogens is 529 g/mol. The van der Waals surface area contributed by atoms with Crippen molar-refractivity contribution in [2.24, 2.45) is 11.8 Å². The van der Waals surface area contributed by atoms with E-state index in [1.165, 1.54) is 0 Å². The molecule has 1 aromatic carbocycles. The van der Waals surface area contributed by atoms with Crippen LogP contribution >= 0.6 is 0 Å². The normalized spacial score (nSPS) is 14.1. The fourth-order valence-corrected chi connectivity index (χ4v) is 5.55. The molecule has 0 aliphatic rings. The first-order valence-electron chi connectivity index (χ1n) is 15.2. The van der Waals surface area contributed by atoms with Crippen LogP contribution < -0.4 is 5.32 Å². The van der Waals surface area contributed by atoms with E-state index >= 15 is 0 Å². The molecule has 42 heavy (non-hydrogen) atoms. The molecule has 226 valence electrons. The van der Waals surface area contributed by atoms with Crippen LogP contribution in [0.1, 0.15) is 96.5 Å². The number of rotatable bonds is 17. The molecule has 0 aliphatic heterocycles. The van der Waals surface area contributed by atoms with E-state index in [0.29, 0.717) is 30.3 Å². The summed E-state index contributed by atoms with van der Waals surface area (Å²) in [5, 5.41) is 12.6. The van der Waals surface area contributed by atoms with E-state index in [1.54, 1.807) is 12.3 Å². The number of aromatic nitrogens is 4. The van der Waals surface area contributed by atoms with Crippen LogP contribution in [-0.4, -0.2) is 30.6 Å². The number of carboxylic acids is 1. The van der Waals surface area contributed by atoms with Crippen molar-refractivity contribution in [3.8, 4) is 11.4 Å². The Morgan fingerprint density at radius 2 is 1.83 bits per heavy atom. The lowest BCUT2D eigenvalue weighted by Gasteiger charge is -2.24. The second-order valence-corrected chi connectivity index (χ2v) is 11.2. The van der Waals surface area contributed by atoms with Crippen LogP contribution in [0.2, 0.25) is 0 Å². The molecule has 2 N–H and O–H groups in total. The fraction of sp³-hybridized carbons (Fsp3) is 0.471. The number of anilines is 2. The Morgan fingerprint density at radius 3 is 2.45 bits per heavy atom. The Hall–Kier alpha value is -3.81. The summed E-state index contributed by atoms with van der Waals surface area (Å²) in [5.74, 6) is 1.31. The smallest absolute Gasteiger partial charge is 0.303 e. The molecule has 0 fully saturated rings. The van der Waals surface area contributed by atoms with Gasteiger partial charge >= 0.3 is 5.97 Å². The van der Waals surface area contributed by atoms with Gasteiger partial charge in [0.1, 0.15) is 11.5 Å². The van der Waals surface area contributed by atoms with Crippen molar-refractivity contribution in [1.29, 1.82) is 0 Å². The molecule has 3 atom stereocenters. The first-order chi connectivity index (χ1) is 20.3. The third kappa shape index (κ3) is 9.10. The summed E-state index contributed by atoms with van der Waals surface area (Å²) in [5.41, 5.74) is 3.38. The van der Waals surface area contributed by atoms with Crippen molar-refractivity contribution in [2.45, 2.75) is 91.5 Å². The highest BCUT2D eigenvalue weighted by atomic mass is 19.1. The van der Waals surface area contributed by atoms with Crippen molar-refractivity contribution in [3.05, 3.63) is 78.7 Å². The third-order valence-corrected chi connectivity index (χ3v) is 7.78. The highest BCUT2D eigenvalue weighted by Gasteiger charge is 2.27. The fourth-order valence-electron chi connectivity index (χ4n) is 5.55. The number of carboxylic acid groups (broad SMARTS) is 1. The maximum absolute atomic E-state index is 13.3. The average Bonchev–Trinajstić information content (AvgIpc) is 3.37. The molecule has 8 heteroatoms. The van der Waals surface area contributed by atoms with Crippen molar-refractivity contribution in [1.82, 2.24) is 19.5 Å². The summed E-state index contributed by atoms with van der Waals surface area (Å²) in [4.78, 5) is 25.9. The topological polar surface area (TPSA) is 92.9 Å². The predicted octanol–water partition coefficient (Wildman–Crippen LogP) is 9.05. The van der Waals surface area contributed by atoms with Crippen LogP contribution in [-0.2, 0) is 11.3 Å².